The molecule has 2 amide bonds. The Bertz CT molecular complexity index is 795. The molecular formula is C17H15N3O2. The van der Waals surface area contributed by atoms with E-state index in [2.05, 4.69) is 10.6 Å². The van der Waals surface area contributed by atoms with Crippen LogP contribution in [0.1, 0.15) is 5.56 Å². The largest absolute Gasteiger partial charge is 0.619 e. The zero-order chi connectivity index (χ0) is 15.4. The SMILES string of the molecule is O=C(NCc1cc[n+]([O-])cc1)Nc1cccc2ccccc12. The van der Waals surface area contributed by atoms with Crippen LogP contribution < -0.4 is 15.4 Å². The van der Waals surface area contributed by atoms with E-state index in [-0.39, 0.29) is 6.03 Å². The van der Waals surface area contributed by atoms with Gasteiger partial charge in [-0.25, -0.2) is 4.79 Å². The zero-order valence-corrected chi connectivity index (χ0v) is 11.8. The molecule has 110 valence electrons. The van der Waals surface area contributed by atoms with Gasteiger partial charge in [0.1, 0.15) is 0 Å². The van der Waals surface area contributed by atoms with Gasteiger partial charge in [0.2, 0.25) is 0 Å². The molecule has 0 atom stereocenters. The third-order valence-corrected chi connectivity index (χ3v) is 3.36. The van der Waals surface area contributed by atoms with E-state index in [1.165, 1.54) is 12.4 Å². The maximum absolute atomic E-state index is 12.0. The molecule has 1 aromatic heterocycles. The molecule has 5 heteroatoms. The van der Waals surface area contributed by atoms with Crippen molar-refractivity contribution in [2.45, 2.75) is 6.54 Å². The Kier molecular flexibility index (Phi) is 3.87. The number of hydrogen-bond donors (Lipinski definition) is 2. The molecule has 0 aliphatic carbocycles. The molecule has 0 aliphatic rings. The molecule has 0 aliphatic heterocycles. The summed E-state index contributed by atoms with van der Waals surface area (Å²) in [5, 5.41) is 18.6. The number of nitrogens with one attached hydrogen (secondary N) is 2. The molecule has 0 radical (unpaired) electrons. The third kappa shape index (κ3) is 3.15. The first-order chi connectivity index (χ1) is 10.7. The lowest BCUT2D eigenvalue weighted by molar-refractivity contribution is -0.605. The maximum atomic E-state index is 12.0. The van der Waals surface area contributed by atoms with E-state index in [0.717, 1.165) is 22.0 Å². The lowest BCUT2D eigenvalue weighted by Gasteiger charge is -2.10. The minimum absolute atomic E-state index is 0.282. The fourth-order valence-electron chi connectivity index (χ4n) is 2.24. The third-order valence-electron chi connectivity index (χ3n) is 3.36. The number of fused-ring (bicyclic) bond motifs is 1. The normalized spacial score (nSPS) is 10.4. The van der Waals surface area contributed by atoms with E-state index in [9.17, 15) is 10.0 Å². The van der Waals surface area contributed by atoms with Gasteiger partial charge in [-0.15, -0.1) is 0 Å². The molecule has 0 fully saturated rings. The van der Waals surface area contributed by atoms with Gasteiger partial charge < -0.3 is 15.8 Å². The van der Waals surface area contributed by atoms with Crippen LogP contribution in [-0.2, 0) is 6.54 Å². The Balaban J connectivity index is 1.67. The van der Waals surface area contributed by atoms with Crippen molar-refractivity contribution in [2.75, 3.05) is 5.32 Å². The summed E-state index contributed by atoms with van der Waals surface area (Å²) in [7, 11) is 0. The highest BCUT2D eigenvalue weighted by Crippen LogP contribution is 2.22. The van der Waals surface area contributed by atoms with Gasteiger partial charge in [-0.1, -0.05) is 36.4 Å². The predicted molar refractivity (Wildman–Crippen MR) is 85.2 cm³/mol. The van der Waals surface area contributed by atoms with Crippen LogP contribution in [0, 0.1) is 5.21 Å². The number of amides is 2. The number of anilines is 1. The van der Waals surface area contributed by atoms with Gasteiger partial charge in [0.05, 0.1) is 5.69 Å². The highest BCUT2D eigenvalue weighted by Gasteiger charge is 2.05. The molecule has 0 saturated heterocycles. The Morgan fingerprint density at radius 2 is 1.73 bits per heavy atom. The highest BCUT2D eigenvalue weighted by atomic mass is 16.5. The van der Waals surface area contributed by atoms with Gasteiger partial charge in [0.15, 0.2) is 12.4 Å². The zero-order valence-electron chi connectivity index (χ0n) is 11.8. The van der Waals surface area contributed by atoms with E-state index in [4.69, 9.17) is 0 Å². The second kappa shape index (κ2) is 6.13. The van der Waals surface area contributed by atoms with Gasteiger partial charge in [0, 0.05) is 24.1 Å². The first-order valence-electron chi connectivity index (χ1n) is 6.93. The van der Waals surface area contributed by atoms with Crippen molar-refractivity contribution in [1.29, 1.82) is 0 Å². The second-order valence-electron chi connectivity index (χ2n) is 4.90. The number of hydrogen-bond acceptors (Lipinski definition) is 2. The van der Waals surface area contributed by atoms with Gasteiger partial charge >= 0.3 is 6.03 Å². The van der Waals surface area contributed by atoms with Crippen molar-refractivity contribution in [3.8, 4) is 0 Å². The summed E-state index contributed by atoms with van der Waals surface area (Å²) in [6.45, 7) is 0.359. The monoisotopic (exact) mass is 293 g/mol. The lowest BCUT2D eigenvalue weighted by Crippen LogP contribution is -2.29. The van der Waals surface area contributed by atoms with E-state index in [1.807, 2.05) is 42.5 Å². The van der Waals surface area contributed by atoms with E-state index >= 15 is 0 Å². The van der Waals surface area contributed by atoms with Gasteiger partial charge in [-0.05, 0) is 17.0 Å². The van der Waals surface area contributed by atoms with Crippen molar-refractivity contribution in [2.24, 2.45) is 0 Å². The van der Waals surface area contributed by atoms with Crippen molar-refractivity contribution < 1.29 is 9.52 Å². The number of benzene rings is 2. The van der Waals surface area contributed by atoms with Crippen LogP contribution in [0.2, 0.25) is 0 Å². The average molecular weight is 293 g/mol. The molecule has 22 heavy (non-hydrogen) atoms. The minimum Gasteiger partial charge on any atom is -0.619 e. The molecule has 3 rings (SSSR count). The number of rotatable bonds is 3. The molecule has 2 aromatic carbocycles. The number of urea groups is 1. The summed E-state index contributed by atoms with van der Waals surface area (Å²) in [4.78, 5) is 12.0. The number of carbonyl (C=O) groups excluding carboxylic acids is 1. The summed E-state index contributed by atoms with van der Waals surface area (Å²) in [5.74, 6) is 0. The summed E-state index contributed by atoms with van der Waals surface area (Å²) in [6.07, 6.45) is 2.80. The second-order valence-corrected chi connectivity index (χ2v) is 4.90. The van der Waals surface area contributed by atoms with E-state index in [1.54, 1.807) is 12.1 Å². The molecule has 0 saturated carbocycles. The van der Waals surface area contributed by atoms with Crippen LogP contribution in [-0.4, -0.2) is 6.03 Å². The molecule has 5 nitrogen and oxygen atoms in total. The van der Waals surface area contributed by atoms with Crippen molar-refractivity contribution in [1.82, 2.24) is 5.32 Å². The number of aromatic nitrogens is 1. The molecular weight excluding hydrogens is 278 g/mol. The smallest absolute Gasteiger partial charge is 0.319 e. The average Bonchev–Trinajstić information content (AvgIpc) is 2.55. The standard InChI is InChI=1S/C17H15N3O2/c21-17(18-12-13-8-10-20(22)11-9-13)19-16-7-3-5-14-4-1-2-6-15(14)16/h1-11H,12H2,(H2,18,19,21). The van der Waals surface area contributed by atoms with E-state index in [0.29, 0.717) is 11.3 Å². The predicted octanol–water partition coefficient (Wildman–Crippen LogP) is 2.79. The van der Waals surface area contributed by atoms with Crippen molar-refractivity contribution in [3.63, 3.8) is 0 Å². The molecule has 0 unspecified atom stereocenters. The number of pyridine rings is 1. The van der Waals surface area contributed by atoms with Crippen LogP contribution in [0.3, 0.4) is 0 Å². The highest BCUT2D eigenvalue weighted by molar-refractivity contribution is 6.01. The Morgan fingerprint density at radius 3 is 2.55 bits per heavy atom. The fraction of sp³-hybridized carbons (Fsp3) is 0.0588. The van der Waals surface area contributed by atoms with Crippen LogP contribution in [0.5, 0.6) is 0 Å². The minimum atomic E-state index is -0.282. The first kappa shape index (κ1) is 13.9. The Morgan fingerprint density at radius 1 is 1.00 bits per heavy atom. The van der Waals surface area contributed by atoms with Crippen molar-refractivity contribution in [3.05, 3.63) is 77.8 Å². The molecule has 0 spiro atoms. The molecule has 2 N–H and O–H groups in total. The summed E-state index contributed by atoms with van der Waals surface area (Å²) in [6, 6.07) is 16.7. The van der Waals surface area contributed by atoms with Crippen LogP contribution in [0.4, 0.5) is 10.5 Å². The number of nitrogens with zero attached hydrogens (tertiary/aromatic N) is 1. The van der Waals surface area contributed by atoms with Gasteiger partial charge in [-0.3, -0.25) is 0 Å². The van der Waals surface area contributed by atoms with E-state index < -0.39 is 0 Å². The summed E-state index contributed by atoms with van der Waals surface area (Å²) < 4.78 is 0.708. The Hall–Kier alpha value is -3.08. The first-order valence-corrected chi connectivity index (χ1v) is 6.93. The maximum Gasteiger partial charge on any atom is 0.319 e. The fourth-order valence-corrected chi connectivity index (χ4v) is 2.24. The Labute approximate surface area is 127 Å². The number of carbonyl (C=O) groups is 1. The van der Waals surface area contributed by atoms with Gasteiger partial charge in [0.25, 0.3) is 0 Å². The van der Waals surface area contributed by atoms with Crippen LogP contribution in [0.25, 0.3) is 10.8 Å². The molecule has 0 bridgehead atoms. The van der Waals surface area contributed by atoms with Crippen molar-refractivity contribution >= 4 is 22.5 Å². The molecule has 1 heterocycles. The quantitative estimate of drug-likeness (QED) is 0.576. The summed E-state index contributed by atoms with van der Waals surface area (Å²) >= 11 is 0. The van der Waals surface area contributed by atoms with Crippen LogP contribution in [0.15, 0.2) is 67.0 Å². The summed E-state index contributed by atoms with van der Waals surface area (Å²) in [5.41, 5.74) is 1.63. The lowest BCUT2D eigenvalue weighted by atomic mass is 10.1. The van der Waals surface area contributed by atoms with Gasteiger partial charge in [-0.2, -0.15) is 4.73 Å². The topological polar surface area (TPSA) is 68.1 Å². The molecule has 3 aromatic rings. The van der Waals surface area contributed by atoms with Crippen LogP contribution >= 0.6 is 0 Å².